The van der Waals surface area contributed by atoms with Crippen LogP contribution in [0.3, 0.4) is 0 Å². The van der Waals surface area contributed by atoms with E-state index in [4.69, 9.17) is 9.26 Å². The lowest BCUT2D eigenvalue weighted by atomic mass is 9.68. The van der Waals surface area contributed by atoms with Crippen LogP contribution in [0, 0.1) is 0 Å². The monoisotopic (exact) mass is 276 g/mol. The van der Waals surface area contributed by atoms with Gasteiger partial charge in [-0.1, -0.05) is 11.6 Å². The summed E-state index contributed by atoms with van der Waals surface area (Å²) in [4.78, 5) is 20.7. The summed E-state index contributed by atoms with van der Waals surface area (Å²) in [5.74, 6) is 1.06. The van der Waals surface area contributed by atoms with Gasteiger partial charge < -0.3 is 13.8 Å². The number of aromatic nitrogens is 4. The Morgan fingerprint density at radius 3 is 2.90 bits per heavy atom. The maximum atomic E-state index is 12.1. The first-order chi connectivity index (χ1) is 9.67. The van der Waals surface area contributed by atoms with Crippen molar-refractivity contribution in [2.24, 2.45) is 7.05 Å². The highest BCUT2D eigenvalue weighted by atomic mass is 16.5. The van der Waals surface area contributed by atoms with Gasteiger partial charge in [-0.25, -0.2) is 4.98 Å². The Morgan fingerprint density at radius 2 is 2.35 bits per heavy atom. The van der Waals surface area contributed by atoms with E-state index in [1.807, 2.05) is 7.05 Å². The molecule has 0 spiro atoms. The number of hydrogen-bond donors (Lipinski definition) is 0. The zero-order chi connectivity index (χ0) is 14.2. The van der Waals surface area contributed by atoms with E-state index in [0.717, 1.165) is 6.42 Å². The molecule has 0 N–H and O–H groups in total. The molecule has 1 saturated carbocycles. The quantitative estimate of drug-likeness (QED) is 0.786. The van der Waals surface area contributed by atoms with Crippen LogP contribution < -0.4 is 0 Å². The van der Waals surface area contributed by atoms with Gasteiger partial charge in [-0.3, -0.25) is 4.79 Å². The van der Waals surface area contributed by atoms with Crippen molar-refractivity contribution < 1.29 is 14.1 Å². The summed E-state index contributed by atoms with van der Waals surface area (Å²) in [7, 11) is 1.85. The zero-order valence-electron chi connectivity index (χ0n) is 11.5. The Labute approximate surface area is 116 Å². The Bertz CT molecular complexity index is 627. The second-order valence-corrected chi connectivity index (χ2v) is 4.94. The molecule has 0 unspecified atom stereocenters. The number of esters is 1. The Hall–Kier alpha value is -2.18. The molecule has 0 aliphatic heterocycles. The van der Waals surface area contributed by atoms with Crippen LogP contribution in [0.25, 0.3) is 11.6 Å². The maximum absolute atomic E-state index is 12.1. The van der Waals surface area contributed by atoms with E-state index in [0.29, 0.717) is 37.0 Å². The number of nitrogens with zero attached hydrogens (tertiary/aromatic N) is 4. The van der Waals surface area contributed by atoms with Gasteiger partial charge in [0.15, 0.2) is 5.82 Å². The van der Waals surface area contributed by atoms with Gasteiger partial charge in [0.25, 0.3) is 0 Å². The third kappa shape index (κ3) is 1.81. The molecule has 1 fully saturated rings. The third-order valence-electron chi connectivity index (χ3n) is 3.73. The molecule has 2 aromatic heterocycles. The van der Waals surface area contributed by atoms with Crippen molar-refractivity contribution in [2.45, 2.75) is 31.6 Å². The zero-order valence-corrected chi connectivity index (χ0v) is 11.5. The molecule has 0 bridgehead atoms. The minimum atomic E-state index is -0.758. The molecule has 3 rings (SSSR count). The van der Waals surface area contributed by atoms with Crippen molar-refractivity contribution >= 4 is 5.97 Å². The van der Waals surface area contributed by atoms with Crippen molar-refractivity contribution in [3.05, 3.63) is 18.3 Å². The van der Waals surface area contributed by atoms with E-state index in [-0.39, 0.29) is 5.97 Å². The fraction of sp³-hybridized carbons (Fsp3) is 0.538. The molecule has 2 heterocycles. The molecule has 106 valence electrons. The smallest absolute Gasteiger partial charge is 0.321 e. The molecule has 0 amide bonds. The van der Waals surface area contributed by atoms with Crippen molar-refractivity contribution in [2.75, 3.05) is 6.61 Å². The third-order valence-corrected chi connectivity index (χ3v) is 3.73. The van der Waals surface area contributed by atoms with E-state index in [9.17, 15) is 4.79 Å². The predicted molar refractivity (Wildman–Crippen MR) is 68.7 cm³/mol. The number of carbonyl (C=O) groups excluding carboxylic acids is 1. The van der Waals surface area contributed by atoms with Crippen LogP contribution in [0.4, 0.5) is 0 Å². The largest absolute Gasteiger partial charge is 0.465 e. The Kier molecular flexibility index (Phi) is 3.04. The molecule has 7 nitrogen and oxygen atoms in total. The highest BCUT2D eigenvalue weighted by molar-refractivity contribution is 5.83. The number of hydrogen-bond acceptors (Lipinski definition) is 6. The molecular formula is C13H16N4O3. The van der Waals surface area contributed by atoms with Crippen LogP contribution in [0.5, 0.6) is 0 Å². The first-order valence-electron chi connectivity index (χ1n) is 6.66. The standard InChI is InChI=1S/C13H16N4O3/c1-3-19-12(18)13(5-4-6-13)11-15-9(16-20-11)10-14-7-8-17(10)2/h7-8H,3-6H2,1-2H3. The van der Waals surface area contributed by atoms with Gasteiger partial charge in [0.2, 0.25) is 11.7 Å². The predicted octanol–water partition coefficient (Wildman–Crippen LogP) is 1.45. The van der Waals surface area contributed by atoms with Crippen molar-refractivity contribution in [1.29, 1.82) is 0 Å². The van der Waals surface area contributed by atoms with E-state index in [1.165, 1.54) is 0 Å². The summed E-state index contributed by atoms with van der Waals surface area (Å²) in [5.41, 5.74) is -0.758. The molecule has 0 aromatic carbocycles. The van der Waals surface area contributed by atoms with Crippen LogP contribution in [-0.4, -0.2) is 32.3 Å². The fourth-order valence-electron chi connectivity index (χ4n) is 2.39. The number of rotatable bonds is 4. The molecule has 20 heavy (non-hydrogen) atoms. The average molecular weight is 276 g/mol. The van der Waals surface area contributed by atoms with Crippen molar-refractivity contribution in [3.63, 3.8) is 0 Å². The normalized spacial score (nSPS) is 16.7. The highest BCUT2D eigenvalue weighted by Crippen LogP contribution is 2.44. The molecule has 2 aromatic rings. The summed E-state index contributed by atoms with van der Waals surface area (Å²) >= 11 is 0. The van der Waals surface area contributed by atoms with Gasteiger partial charge in [-0.2, -0.15) is 4.98 Å². The van der Waals surface area contributed by atoms with Crippen LogP contribution in [0.15, 0.2) is 16.9 Å². The SMILES string of the molecule is CCOC(=O)C1(c2nc(-c3nccn3C)no2)CCC1. The minimum absolute atomic E-state index is 0.277. The summed E-state index contributed by atoms with van der Waals surface area (Å²) in [6.45, 7) is 2.14. The number of aryl methyl sites for hydroxylation is 1. The lowest BCUT2D eigenvalue weighted by Crippen LogP contribution is -2.44. The first kappa shape index (κ1) is 12.8. The van der Waals surface area contributed by atoms with Crippen LogP contribution in [0.1, 0.15) is 32.1 Å². The molecular weight excluding hydrogens is 260 g/mol. The number of imidazole rings is 1. The fourth-order valence-corrected chi connectivity index (χ4v) is 2.39. The van der Waals surface area contributed by atoms with Crippen LogP contribution >= 0.6 is 0 Å². The van der Waals surface area contributed by atoms with Gasteiger partial charge in [0, 0.05) is 19.4 Å². The van der Waals surface area contributed by atoms with Gasteiger partial charge in [-0.15, -0.1) is 0 Å². The van der Waals surface area contributed by atoms with Gasteiger partial charge >= 0.3 is 5.97 Å². The van der Waals surface area contributed by atoms with Gasteiger partial charge in [0.05, 0.1) is 6.61 Å². The molecule has 0 saturated heterocycles. The lowest BCUT2D eigenvalue weighted by molar-refractivity contribution is -0.155. The summed E-state index contributed by atoms with van der Waals surface area (Å²) in [6, 6.07) is 0. The molecule has 0 atom stereocenters. The molecule has 0 radical (unpaired) electrons. The van der Waals surface area contributed by atoms with Crippen molar-refractivity contribution in [1.82, 2.24) is 19.7 Å². The first-order valence-corrected chi connectivity index (χ1v) is 6.66. The second-order valence-electron chi connectivity index (χ2n) is 4.94. The molecule has 7 heteroatoms. The van der Waals surface area contributed by atoms with E-state index >= 15 is 0 Å². The summed E-state index contributed by atoms with van der Waals surface area (Å²) < 4.78 is 12.2. The van der Waals surface area contributed by atoms with Crippen molar-refractivity contribution in [3.8, 4) is 11.6 Å². The summed E-state index contributed by atoms with van der Waals surface area (Å²) in [5, 5.41) is 3.93. The Morgan fingerprint density at radius 1 is 1.55 bits per heavy atom. The van der Waals surface area contributed by atoms with E-state index < -0.39 is 5.41 Å². The number of carbonyl (C=O) groups is 1. The van der Waals surface area contributed by atoms with Gasteiger partial charge in [-0.05, 0) is 19.8 Å². The van der Waals surface area contributed by atoms with Crippen LogP contribution in [-0.2, 0) is 22.0 Å². The van der Waals surface area contributed by atoms with E-state index in [2.05, 4.69) is 15.1 Å². The minimum Gasteiger partial charge on any atom is -0.465 e. The lowest BCUT2D eigenvalue weighted by Gasteiger charge is -2.35. The molecule has 1 aliphatic carbocycles. The number of ether oxygens (including phenoxy) is 1. The van der Waals surface area contributed by atoms with Gasteiger partial charge in [0.1, 0.15) is 5.41 Å². The maximum Gasteiger partial charge on any atom is 0.321 e. The molecule has 1 aliphatic rings. The Balaban J connectivity index is 1.93. The average Bonchev–Trinajstić information content (AvgIpc) is 2.97. The van der Waals surface area contributed by atoms with E-state index in [1.54, 1.807) is 23.9 Å². The topological polar surface area (TPSA) is 83.0 Å². The van der Waals surface area contributed by atoms with Crippen LogP contribution in [0.2, 0.25) is 0 Å². The highest BCUT2D eigenvalue weighted by Gasteiger charge is 2.52. The second kappa shape index (κ2) is 4.73. The summed E-state index contributed by atoms with van der Waals surface area (Å²) in [6.07, 6.45) is 5.80.